The maximum Gasteiger partial charge on any atom is 0.337 e. The van der Waals surface area contributed by atoms with E-state index in [-0.39, 0.29) is 17.9 Å². The first kappa shape index (κ1) is 9.21. The molecule has 0 aliphatic carbocycles. The average molecular weight is 256 g/mol. The number of carboxylic acids is 1. The van der Waals surface area contributed by atoms with E-state index in [1.165, 1.54) is 6.07 Å². The Bertz CT molecular complexity index is 442. The molecule has 0 radical (unpaired) electrons. The summed E-state index contributed by atoms with van der Waals surface area (Å²) in [5.41, 5.74) is 1.27. The molecule has 0 aromatic heterocycles. The fourth-order valence-corrected chi connectivity index (χ4v) is 1.98. The van der Waals surface area contributed by atoms with Gasteiger partial charge in [0.25, 0.3) is 0 Å². The van der Waals surface area contributed by atoms with Gasteiger partial charge in [-0.2, -0.15) is 0 Å². The van der Waals surface area contributed by atoms with Crippen LogP contribution in [0.5, 0.6) is 0 Å². The molecular formula is C9H6BrNO3. The van der Waals surface area contributed by atoms with E-state index in [0.717, 1.165) is 5.56 Å². The Kier molecular flexibility index (Phi) is 2.03. The molecule has 1 aliphatic heterocycles. The Balaban J connectivity index is 2.63. The van der Waals surface area contributed by atoms with Gasteiger partial charge in [-0.3, -0.25) is 4.79 Å². The lowest BCUT2D eigenvalue weighted by Crippen LogP contribution is -2.07. The quantitative estimate of drug-likeness (QED) is 0.802. The third kappa shape index (κ3) is 1.39. The van der Waals surface area contributed by atoms with E-state index < -0.39 is 5.97 Å². The second-order valence-electron chi connectivity index (χ2n) is 3.02. The van der Waals surface area contributed by atoms with Crippen LogP contribution in [0.25, 0.3) is 0 Å². The molecule has 0 spiro atoms. The molecule has 14 heavy (non-hydrogen) atoms. The van der Waals surface area contributed by atoms with E-state index >= 15 is 0 Å². The number of rotatable bonds is 1. The average Bonchev–Trinajstić information content (AvgIpc) is 2.42. The minimum Gasteiger partial charge on any atom is -0.478 e. The summed E-state index contributed by atoms with van der Waals surface area (Å²) in [6.07, 6.45) is 0.245. The minimum atomic E-state index is -1.04. The van der Waals surface area contributed by atoms with Crippen molar-refractivity contribution in [3.8, 4) is 0 Å². The maximum absolute atomic E-state index is 11.1. The van der Waals surface area contributed by atoms with Crippen LogP contribution in [0.4, 0.5) is 5.69 Å². The molecule has 0 fully saturated rings. The van der Waals surface area contributed by atoms with Crippen LogP contribution >= 0.6 is 15.9 Å². The van der Waals surface area contributed by atoms with Gasteiger partial charge in [0.05, 0.1) is 17.7 Å². The number of amides is 1. The number of aromatic carboxylic acids is 1. The van der Waals surface area contributed by atoms with Crippen molar-refractivity contribution >= 4 is 33.5 Å². The van der Waals surface area contributed by atoms with Crippen LogP contribution in [0.3, 0.4) is 0 Å². The lowest BCUT2D eigenvalue weighted by molar-refractivity contribution is -0.115. The number of carboxylic acid groups (broad SMARTS) is 1. The number of halogens is 1. The third-order valence-corrected chi connectivity index (χ3v) is 2.49. The number of carbonyl (C=O) groups excluding carboxylic acids is 1. The summed E-state index contributed by atoms with van der Waals surface area (Å²) in [6.45, 7) is 0. The van der Waals surface area contributed by atoms with E-state index in [2.05, 4.69) is 21.2 Å². The maximum atomic E-state index is 11.1. The first-order valence-electron chi connectivity index (χ1n) is 3.93. The van der Waals surface area contributed by atoms with Gasteiger partial charge in [-0.15, -0.1) is 0 Å². The second-order valence-corrected chi connectivity index (χ2v) is 3.93. The number of hydrogen-bond donors (Lipinski definition) is 2. The third-order valence-electron chi connectivity index (χ3n) is 2.03. The van der Waals surface area contributed by atoms with Crippen LogP contribution in [0.1, 0.15) is 15.9 Å². The molecule has 4 nitrogen and oxygen atoms in total. The van der Waals surface area contributed by atoms with Crippen molar-refractivity contribution in [2.75, 3.05) is 5.32 Å². The molecule has 1 aromatic rings. The molecule has 1 amide bonds. The Hall–Kier alpha value is -1.36. The normalized spacial score (nSPS) is 13.6. The lowest BCUT2D eigenvalue weighted by Gasteiger charge is -2.04. The molecule has 0 saturated carbocycles. The van der Waals surface area contributed by atoms with E-state index in [9.17, 15) is 9.59 Å². The van der Waals surface area contributed by atoms with Gasteiger partial charge in [-0.05, 0) is 17.7 Å². The summed E-state index contributed by atoms with van der Waals surface area (Å²) in [5, 5.41) is 11.4. The highest BCUT2D eigenvalue weighted by Gasteiger charge is 2.24. The van der Waals surface area contributed by atoms with Crippen molar-refractivity contribution < 1.29 is 14.7 Å². The first-order valence-corrected chi connectivity index (χ1v) is 4.73. The van der Waals surface area contributed by atoms with E-state index in [1.54, 1.807) is 6.07 Å². The largest absolute Gasteiger partial charge is 0.478 e. The Morgan fingerprint density at radius 1 is 1.50 bits per heavy atom. The molecule has 0 saturated heterocycles. The van der Waals surface area contributed by atoms with Crippen LogP contribution in [0, 0.1) is 0 Å². The van der Waals surface area contributed by atoms with Crippen molar-refractivity contribution in [2.24, 2.45) is 0 Å². The SMILES string of the molecule is O=C1Cc2cc(Br)cc(C(=O)O)c2N1. The zero-order valence-electron chi connectivity index (χ0n) is 7.00. The Morgan fingerprint density at radius 2 is 2.21 bits per heavy atom. The molecule has 2 N–H and O–H groups in total. The summed E-state index contributed by atoms with van der Waals surface area (Å²) < 4.78 is 0.671. The van der Waals surface area contributed by atoms with Crippen molar-refractivity contribution in [3.63, 3.8) is 0 Å². The highest BCUT2D eigenvalue weighted by atomic mass is 79.9. The predicted octanol–water partition coefficient (Wildman–Crippen LogP) is 1.64. The number of nitrogens with one attached hydrogen (secondary N) is 1. The smallest absolute Gasteiger partial charge is 0.337 e. The molecule has 0 unspecified atom stereocenters. The summed E-state index contributed by atoms with van der Waals surface area (Å²) in [5.74, 6) is -1.20. The topological polar surface area (TPSA) is 66.4 Å². The number of hydrogen-bond acceptors (Lipinski definition) is 2. The molecule has 2 rings (SSSR count). The number of fused-ring (bicyclic) bond motifs is 1. The highest BCUT2D eigenvalue weighted by molar-refractivity contribution is 9.10. The molecule has 0 bridgehead atoms. The van der Waals surface area contributed by atoms with Crippen molar-refractivity contribution in [2.45, 2.75) is 6.42 Å². The number of anilines is 1. The fourth-order valence-electron chi connectivity index (χ4n) is 1.48. The van der Waals surface area contributed by atoms with Crippen LogP contribution in [0.2, 0.25) is 0 Å². The van der Waals surface area contributed by atoms with Gasteiger partial charge in [0.2, 0.25) is 5.91 Å². The zero-order valence-corrected chi connectivity index (χ0v) is 8.59. The van der Waals surface area contributed by atoms with Gasteiger partial charge >= 0.3 is 5.97 Å². The van der Waals surface area contributed by atoms with E-state index in [1.807, 2.05) is 0 Å². The molecule has 1 aliphatic rings. The molecule has 1 heterocycles. The van der Waals surface area contributed by atoms with Gasteiger partial charge in [-0.25, -0.2) is 4.79 Å². The van der Waals surface area contributed by atoms with Gasteiger partial charge < -0.3 is 10.4 Å². The fraction of sp³-hybridized carbons (Fsp3) is 0.111. The van der Waals surface area contributed by atoms with E-state index in [4.69, 9.17) is 5.11 Å². The Labute approximate surface area is 88.1 Å². The standard InChI is InChI=1S/C9H6BrNO3/c10-5-1-4-2-7(12)11-8(4)6(3-5)9(13)14/h1,3H,2H2,(H,11,12)(H,13,14). The molecular weight excluding hydrogens is 250 g/mol. The van der Waals surface area contributed by atoms with Gasteiger partial charge in [0, 0.05) is 4.47 Å². The number of benzene rings is 1. The van der Waals surface area contributed by atoms with E-state index in [0.29, 0.717) is 10.2 Å². The lowest BCUT2D eigenvalue weighted by atomic mass is 10.1. The summed E-state index contributed by atoms with van der Waals surface area (Å²) >= 11 is 3.20. The van der Waals surface area contributed by atoms with Crippen molar-refractivity contribution in [3.05, 3.63) is 27.7 Å². The molecule has 5 heteroatoms. The van der Waals surface area contributed by atoms with Crippen LogP contribution in [-0.4, -0.2) is 17.0 Å². The summed E-state index contributed by atoms with van der Waals surface area (Å²) in [4.78, 5) is 21.9. The van der Waals surface area contributed by atoms with Crippen molar-refractivity contribution in [1.82, 2.24) is 0 Å². The Morgan fingerprint density at radius 3 is 2.86 bits per heavy atom. The predicted molar refractivity (Wildman–Crippen MR) is 53.4 cm³/mol. The van der Waals surface area contributed by atoms with Gasteiger partial charge in [0.1, 0.15) is 0 Å². The van der Waals surface area contributed by atoms with Gasteiger partial charge in [-0.1, -0.05) is 15.9 Å². The van der Waals surface area contributed by atoms with Crippen molar-refractivity contribution in [1.29, 1.82) is 0 Å². The molecule has 72 valence electrons. The first-order chi connectivity index (χ1) is 6.58. The molecule has 1 aromatic carbocycles. The number of carbonyl (C=O) groups is 2. The monoisotopic (exact) mass is 255 g/mol. The molecule has 0 atom stereocenters. The minimum absolute atomic E-state index is 0.125. The van der Waals surface area contributed by atoms with Crippen LogP contribution < -0.4 is 5.32 Å². The van der Waals surface area contributed by atoms with Gasteiger partial charge in [0.15, 0.2) is 0 Å². The highest BCUT2D eigenvalue weighted by Crippen LogP contribution is 2.30. The zero-order chi connectivity index (χ0) is 10.3. The second kappa shape index (κ2) is 3.09. The van der Waals surface area contributed by atoms with Crippen LogP contribution in [-0.2, 0) is 11.2 Å². The summed E-state index contributed by atoms with van der Waals surface area (Å²) in [7, 11) is 0. The van der Waals surface area contributed by atoms with Crippen LogP contribution in [0.15, 0.2) is 16.6 Å². The summed E-state index contributed by atoms with van der Waals surface area (Å²) in [6, 6.07) is 3.23.